The number of methoxy groups -OCH3 is 1. The molecule has 0 spiro atoms. The van der Waals surface area contributed by atoms with Crippen molar-refractivity contribution in [2.24, 2.45) is 0 Å². The molecule has 2 aromatic rings. The number of hydrogen-bond acceptors (Lipinski definition) is 4. The van der Waals surface area contributed by atoms with Crippen LogP contribution in [0.3, 0.4) is 0 Å². The Kier molecular flexibility index (Phi) is 6.24. The van der Waals surface area contributed by atoms with Gasteiger partial charge in [-0.15, -0.1) is 11.3 Å². The summed E-state index contributed by atoms with van der Waals surface area (Å²) < 4.78 is 5.15. The number of urea groups is 1. The van der Waals surface area contributed by atoms with E-state index in [1.54, 1.807) is 18.4 Å². The lowest BCUT2D eigenvalue weighted by Crippen LogP contribution is -2.35. The number of thiophene rings is 1. The monoisotopic (exact) mass is 320 g/mol. The van der Waals surface area contributed by atoms with Crippen molar-refractivity contribution in [1.29, 1.82) is 0 Å². The van der Waals surface area contributed by atoms with Gasteiger partial charge >= 0.3 is 6.03 Å². The van der Waals surface area contributed by atoms with Gasteiger partial charge in [0, 0.05) is 18.0 Å². The maximum absolute atomic E-state index is 11.5. The van der Waals surface area contributed by atoms with Gasteiger partial charge in [0.2, 0.25) is 0 Å². The normalized spacial score (nSPS) is 10.3. The van der Waals surface area contributed by atoms with Crippen LogP contribution in [0, 0.1) is 0 Å². The predicted molar refractivity (Wildman–Crippen MR) is 88.2 cm³/mol. The van der Waals surface area contributed by atoms with Crippen molar-refractivity contribution in [2.75, 3.05) is 20.3 Å². The SMILES string of the molecule is COc1ccc(-c2csc(CNC(=O)NCCCO)c2)cc1. The molecule has 1 aromatic carbocycles. The fourth-order valence-corrected chi connectivity index (χ4v) is 2.75. The molecule has 6 heteroatoms. The molecule has 22 heavy (non-hydrogen) atoms. The topological polar surface area (TPSA) is 70.6 Å². The Balaban J connectivity index is 1.86. The molecular formula is C16H20N2O3S. The second-order valence-corrected chi connectivity index (χ2v) is 5.71. The third-order valence-electron chi connectivity index (χ3n) is 3.12. The summed E-state index contributed by atoms with van der Waals surface area (Å²) in [5.74, 6) is 0.834. The molecule has 0 radical (unpaired) electrons. The fourth-order valence-electron chi connectivity index (χ4n) is 1.92. The molecular weight excluding hydrogens is 300 g/mol. The van der Waals surface area contributed by atoms with Crippen molar-refractivity contribution in [3.8, 4) is 16.9 Å². The number of rotatable bonds is 7. The Bertz CT molecular complexity index is 596. The summed E-state index contributed by atoms with van der Waals surface area (Å²) in [6, 6.07) is 9.74. The molecule has 0 bridgehead atoms. The molecule has 2 amide bonds. The number of carbonyl (C=O) groups is 1. The summed E-state index contributed by atoms with van der Waals surface area (Å²) in [6.45, 7) is 1.05. The zero-order valence-corrected chi connectivity index (χ0v) is 13.3. The molecule has 0 aliphatic heterocycles. The third-order valence-corrected chi connectivity index (χ3v) is 4.06. The van der Waals surface area contributed by atoms with Gasteiger partial charge < -0.3 is 20.5 Å². The molecule has 0 unspecified atom stereocenters. The Labute approximate surface area is 133 Å². The highest BCUT2D eigenvalue weighted by Crippen LogP contribution is 2.27. The molecule has 118 valence electrons. The van der Waals surface area contributed by atoms with Crippen LogP contribution in [0.5, 0.6) is 5.75 Å². The van der Waals surface area contributed by atoms with Crippen LogP contribution >= 0.6 is 11.3 Å². The van der Waals surface area contributed by atoms with Gasteiger partial charge in [-0.05, 0) is 41.1 Å². The highest BCUT2D eigenvalue weighted by molar-refractivity contribution is 7.10. The number of ether oxygens (including phenoxy) is 1. The smallest absolute Gasteiger partial charge is 0.315 e. The van der Waals surface area contributed by atoms with Crippen LogP contribution in [0.2, 0.25) is 0 Å². The van der Waals surface area contributed by atoms with Gasteiger partial charge in [-0.1, -0.05) is 12.1 Å². The molecule has 0 saturated carbocycles. The molecule has 5 nitrogen and oxygen atoms in total. The summed E-state index contributed by atoms with van der Waals surface area (Å²) in [5, 5.41) is 16.2. The van der Waals surface area contributed by atoms with E-state index < -0.39 is 0 Å². The van der Waals surface area contributed by atoms with Crippen molar-refractivity contribution < 1.29 is 14.6 Å². The quantitative estimate of drug-likeness (QED) is 0.687. The van der Waals surface area contributed by atoms with Gasteiger partial charge in [-0.25, -0.2) is 4.79 Å². The van der Waals surface area contributed by atoms with Gasteiger partial charge in [-0.3, -0.25) is 0 Å². The lowest BCUT2D eigenvalue weighted by molar-refractivity contribution is 0.238. The van der Waals surface area contributed by atoms with E-state index in [-0.39, 0.29) is 12.6 Å². The van der Waals surface area contributed by atoms with E-state index in [1.807, 2.05) is 24.3 Å². The molecule has 0 saturated heterocycles. The molecule has 1 heterocycles. The number of amides is 2. The van der Waals surface area contributed by atoms with Crippen molar-refractivity contribution in [2.45, 2.75) is 13.0 Å². The van der Waals surface area contributed by atoms with Gasteiger partial charge in [0.05, 0.1) is 13.7 Å². The number of aliphatic hydroxyl groups is 1. The zero-order valence-electron chi connectivity index (χ0n) is 12.5. The summed E-state index contributed by atoms with van der Waals surface area (Å²) in [5.41, 5.74) is 2.25. The van der Waals surface area contributed by atoms with Gasteiger partial charge in [0.1, 0.15) is 5.75 Å². The van der Waals surface area contributed by atoms with Crippen LogP contribution in [0.1, 0.15) is 11.3 Å². The highest BCUT2D eigenvalue weighted by atomic mass is 32.1. The van der Waals surface area contributed by atoms with E-state index in [0.717, 1.165) is 21.8 Å². The summed E-state index contributed by atoms with van der Waals surface area (Å²) >= 11 is 1.61. The Hall–Kier alpha value is -2.05. The highest BCUT2D eigenvalue weighted by Gasteiger charge is 2.05. The average Bonchev–Trinajstić information content (AvgIpc) is 3.02. The van der Waals surface area contributed by atoms with Gasteiger partial charge in [0.25, 0.3) is 0 Å². The molecule has 3 N–H and O–H groups in total. The molecule has 0 fully saturated rings. The van der Waals surface area contributed by atoms with E-state index >= 15 is 0 Å². The minimum absolute atomic E-state index is 0.0798. The van der Waals surface area contributed by atoms with E-state index in [1.165, 1.54) is 0 Å². The van der Waals surface area contributed by atoms with E-state index in [2.05, 4.69) is 22.1 Å². The van der Waals surface area contributed by atoms with Crippen LogP contribution in [0.4, 0.5) is 4.79 Å². The molecule has 1 aromatic heterocycles. The van der Waals surface area contributed by atoms with Crippen molar-refractivity contribution >= 4 is 17.4 Å². The largest absolute Gasteiger partial charge is 0.497 e. The maximum Gasteiger partial charge on any atom is 0.315 e. The Morgan fingerprint density at radius 1 is 1.23 bits per heavy atom. The number of hydrogen-bond donors (Lipinski definition) is 3. The van der Waals surface area contributed by atoms with Gasteiger partial charge in [0.15, 0.2) is 0 Å². The summed E-state index contributed by atoms with van der Waals surface area (Å²) in [4.78, 5) is 12.6. The van der Waals surface area contributed by atoms with Crippen LogP contribution in [0.15, 0.2) is 35.7 Å². The molecule has 2 rings (SSSR count). The minimum Gasteiger partial charge on any atom is -0.497 e. The second-order valence-electron chi connectivity index (χ2n) is 4.72. The fraction of sp³-hybridized carbons (Fsp3) is 0.312. The average molecular weight is 320 g/mol. The van der Waals surface area contributed by atoms with Crippen LogP contribution < -0.4 is 15.4 Å². The van der Waals surface area contributed by atoms with E-state index in [0.29, 0.717) is 19.5 Å². The van der Waals surface area contributed by atoms with E-state index in [9.17, 15) is 4.79 Å². The molecule has 0 aliphatic rings. The predicted octanol–water partition coefficient (Wildman–Crippen LogP) is 2.61. The number of benzene rings is 1. The molecule has 0 atom stereocenters. The minimum atomic E-state index is -0.215. The number of aliphatic hydroxyl groups excluding tert-OH is 1. The van der Waals surface area contributed by atoms with Crippen molar-refractivity contribution in [3.63, 3.8) is 0 Å². The lowest BCUT2D eigenvalue weighted by atomic mass is 10.1. The lowest BCUT2D eigenvalue weighted by Gasteiger charge is -2.05. The first-order valence-corrected chi connectivity index (χ1v) is 7.95. The Morgan fingerprint density at radius 2 is 2.00 bits per heavy atom. The number of carbonyl (C=O) groups excluding carboxylic acids is 1. The number of nitrogens with one attached hydrogen (secondary N) is 2. The Morgan fingerprint density at radius 3 is 2.68 bits per heavy atom. The summed E-state index contributed by atoms with van der Waals surface area (Å²) in [7, 11) is 1.65. The van der Waals surface area contributed by atoms with Crippen molar-refractivity contribution in [3.05, 3.63) is 40.6 Å². The first-order valence-electron chi connectivity index (χ1n) is 7.07. The van der Waals surface area contributed by atoms with E-state index in [4.69, 9.17) is 9.84 Å². The molecule has 0 aliphatic carbocycles. The zero-order chi connectivity index (χ0) is 15.8. The summed E-state index contributed by atoms with van der Waals surface area (Å²) in [6.07, 6.45) is 0.564. The van der Waals surface area contributed by atoms with Crippen LogP contribution in [-0.4, -0.2) is 31.4 Å². The standard InChI is InChI=1S/C16H20N2O3S/c1-21-14-5-3-12(4-6-14)13-9-15(22-11-13)10-18-16(20)17-7-2-8-19/h3-6,9,11,19H,2,7-8,10H2,1H3,(H2,17,18,20). The van der Waals surface area contributed by atoms with Crippen molar-refractivity contribution in [1.82, 2.24) is 10.6 Å². The second kappa shape index (κ2) is 8.41. The first-order chi connectivity index (χ1) is 10.7. The van der Waals surface area contributed by atoms with Crippen LogP contribution in [-0.2, 0) is 6.54 Å². The van der Waals surface area contributed by atoms with Gasteiger partial charge in [-0.2, -0.15) is 0 Å². The first kappa shape index (κ1) is 16.3. The van der Waals surface area contributed by atoms with Crippen LogP contribution in [0.25, 0.3) is 11.1 Å². The maximum atomic E-state index is 11.5. The third kappa shape index (κ3) is 4.75.